The van der Waals surface area contributed by atoms with Gasteiger partial charge in [-0.25, -0.2) is 0 Å². The van der Waals surface area contributed by atoms with E-state index >= 15 is 0 Å². The second-order valence-electron chi connectivity index (χ2n) is 4.77. The standard InChI is InChI=1S/2C7H6NO2.C3H4O4.2Mg/c2*1-6-2-4-7(5-3-6)8(9)10;4-2(5)1-3(6)7;;/h2*2-5H,1H2;1H2,(H,4,5)(H,6,7);;/q2*-1;;2*+2/p-2. The van der Waals surface area contributed by atoms with Gasteiger partial charge < -0.3 is 19.8 Å². The summed E-state index contributed by atoms with van der Waals surface area (Å²) in [5, 5.41) is 38.8. The molecule has 0 fully saturated rings. The Bertz CT molecular complexity index is 729. The third-order valence-corrected chi connectivity index (χ3v) is 2.58. The van der Waals surface area contributed by atoms with Crippen LogP contribution in [0.15, 0.2) is 48.5 Å². The molecule has 144 valence electrons. The molecule has 0 aliphatic heterocycles. The van der Waals surface area contributed by atoms with E-state index in [-0.39, 0.29) is 57.5 Å². The molecule has 0 saturated heterocycles. The van der Waals surface area contributed by atoms with Gasteiger partial charge in [-0.05, 0) is 24.3 Å². The Balaban J connectivity index is -0.000000345. The summed E-state index contributed by atoms with van der Waals surface area (Å²) in [6, 6.07) is 12.2. The Kier molecular flexibility index (Phi) is 17.6. The number of aliphatic carboxylic acids is 2. The molecule has 2 aromatic carbocycles. The number of rotatable bonds is 4. The summed E-state index contributed by atoms with van der Waals surface area (Å²) in [5.74, 6) is -3.25. The second kappa shape index (κ2) is 16.4. The number of hydrogen-bond acceptors (Lipinski definition) is 8. The quantitative estimate of drug-likeness (QED) is 0.212. The predicted molar refractivity (Wildman–Crippen MR) is 101 cm³/mol. The fourth-order valence-corrected chi connectivity index (χ4v) is 1.35. The molecule has 2 rings (SSSR count). The molecule has 0 atom stereocenters. The van der Waals surface area contributed by atoms with Crippen LogP contribution < -0.4 is 10.2 Å². The molecule has 0 saturated carbocycles. The minimum absolute atomic E-state index is 0. The summed E-state index contributed by atoms with van der Waals surface area (Å²) in [6.45, 7) is 7.20. The molecule has 0 spiro atoms. The van der Waals surface area contributed by atoms with Gasteiger partial charge in [-0.15, -0.1) is 0 Å². The first-order valence-electron chi connectivity index (χ1n) is 7.05. The molecule has 0 amide bonds. The van der Waals surface area contributed by atoms with Gasteiger partial charge in [0.1, 0.15) is 0 Å². The normalized spacial score (nSPS) is 8.28. The van der Waals surface area contributed by atoms with E-state index in [1.54, 1.807) is 24.3 Å². The molecule has 0 aliphatic carbocycles. The van der Waals surface area contributed by atoms with Crippen LogP contribution in [0.1, 0.15) is 17.5 Å². The van der Waals surface area contributed by atoms with Crippen molar-refractivity contribution in [3.8, 4) is 0 Å². The monoisotopic (exact) mass is 422 g/mol. The summed E-state index contributed by atoms with van der Waals surface area (Å²) >= 11 is 0. The van der Waals surface area contributed by atoms with E-state index < -0.39 is 28.2 Å². The van der Waals surface area contributed by atoms with Gasteiger partial charge in [-0.3, -0.25) is 20.2 Å². The number of carboxylic acids is 2. The fourth-order valence-electron chi connectivity index (χ4n) is 1.35. The number of nitro groups is 2. The van der Waals surface area contributed by atoms with Crippen LogP contribution in [0.5, 0.6) is 0 Å². The largest absolute Gasteiger partial charge is 2.00 e. The number of non-ortho nitro benzene ring substituents is 2. The fraction of sp³-hybridized carbons (Fsp3) is 0.0588. The minimum atomic E-state index is -1.63. The van der Waals surface area contributed by atoms with Gasteiger partial charge in [0.25, 0.3) is 0 Å². The second-order valence-corrected chi connectivity index (χ2v) is 4.77. The maximum Gasteiger partial charge on any atom is 2.00 e. The molecule has 0 heterocycles. The van der Waals surface area contributed by atoms with Crippen molar-refractivity contribution < 1.29 is 29.6 Å². The zero-order valence-corrected chi connectivity index (χ0v) is 18.1. The van der Waals surface area contributed by atoms with Gasteiger partial charge in [0.05, 0.1) is 9.85 Å². The number of carboxylic acid groups (broad SMARTS) is 2. The summed E-state index contributed by atoms with van der Waals surface area (Å²) in [5.41, 5.74) is 1.77. The molecule has 0 radical (unpaired) electrons. The number of nitrogens with zero attached hydrogens (tertiary/aromatic N) is 2. The number of carbonyl (C=O) groups is 2. The van der Waals surface area contributed by atoms with E-state index in [1.807, 2.05) is 0 Å². The van der Waals surface area contributed by atoms with Crippen molar-refractivity contribution >= 4 is 69.4 Å². The number of carbonyl (C=O) groups excluding carboxylic acids is 2. The zero-order chi connectivity index (χ0) is 21.0. The van der Waals surface area contributed by atoms with Crippen molar-refractivity contribution in [1.82, 2.24) is 0 Å². The van der Waals surface area contributed by atoms with Crippen molar-refractivity contribution in [2.24, 2.45) is 0 Å². The first-order valence-corrected chi connectivity index (χ1v) is 7.05. The van der Waals surface area contributed by atoms with E-state index in [9.17, 15) is 40.0 Å². The van der Waals surface area contributed by atoms with Crippen molar-refractivity contribution in [1.29, 1.82) is 0 Å². The van der Waals surface area contributed by atoms with E-state index in [2.05, 4.69) is 13.8 Å². The van der Waals surface area contributed by atoms with Crippen LogP contribution in [0, 0.1) is 34.1 Å². The summed E-state index contributed by atoms with van der Waals surface area (Å²) < 4.78 is 0. The molecule has 0 aromatic heterocycles. The van der Waals surface area contributed by atoms with Crippen molar-refractivity contribution in [3.05, 3.63) is 93.7 Å². The van der Waals surface area contributed by atoms with Gasteiger partial charge >= 0.3 is 46.1 Å². The maximum absolute atomic E-state index is 10.1. The number of benzene rings is 2. The summed E-state index contributed by atoms with van der Waals surface area (Å²) in [7, 11) is 0. The molecule has 0 aliphatic rings. The number of nitro benzene ring substituents is 2. The third kappa shape index (κ3) is 16.1. The Labute approximate surface area is 198 Å². The molecule has 0 bridgehead atoms. The van der Waals surface area contributed by atoms with Crippen LogP contribution in [-0.2, 0) is 9.59 Å². The van der Waals surface area contributed by atoms with Crippen LogP contribution >= 0.6 is 0 Å². The molecule has 29 heavy (non-hydrogen) atoms. The predicted octanol–water partition coefficient (Wildman–Crippen LogP) is -0.331. The SMILES string of the molecule is O=C([O-])CC(=O)[O-].[CH2-]c1ccc([N+](=O)[O-])cc1.[CH2-]c1ccc([N+](=O)[O-])cc1.[Mg+2].[Mg+2]. The average Bonchev–Trinajstić information content (AvgIpc) is 2.55. The Hall–Kier alpha value is -2.55. The van der Waals surface area contributed by atoms with E-state index in [0.717, 1.165) is 11.1 Å². The molecule has 2 aromatic rings. The minimum Gasteiger partial charge on any atom is -0.550 e. The van der Waals surface area contributed by atoms with Crippen LogP contribution in [0.3, 0.4) is 0 Å². The van der Waals surface area contributed by atoms with Gasteiger partial charge in [0.15, 0.2) is 0 Å². The van der Waals surface area contributed by atoms with Crippen LogP contribution in [0.2, 0.25) is 0 Å². The zero-order valence-electron chi connectivity index (χ0n) is 15.3. The summed E-state index contributed by atoms with van der Waals surface area (Å²) in [6.07, 6.45) is -1.03. The molecular weight excluding hydrogens is 409 g/mol. The van der Waals surface area contributed by atoms with Gasteiger partial charge in [0, 0.05) is 18.4 Å². The van der Waals surface area contributed by atoms with Crippen molar-refractivity contribution in [2.45, 2.75) is 6.42 Å². The van der Waals surface area contributed by atoms with Crippen molar-refractivity contribution in [2.75, 3.05) is 0 Å². The van der Waals surface area contributed by atoms with Gasteiger partial charge in [-0.2, -0.15) is 49.2 Å². The van der Waals surface area contributed by atoms with E-state index in [0.29, 0.717) is 0 Å². The van der Waals surface area contributed by atoms with Crippen molar-refractivity contribution in [3.63, 3.8) is 0 Å². The Morgan fingerprint density at radius 2 is 0.931 bits per heavy atom. The molecule has 12 heteroatoms. The molecule has 0 N–H and O–H groups in total. The Morgan fingerprint density at radius 3 is 1.07 bits per heavy atom. The average molecular weight is 423 g/mol. The Morgan fingerprint density at radius 1 is 0.690 bits per heavy atom. The van der Waals surface area contributed by atoms with Crippen LogP contribution in [0.4, 0.5) is 11.4 Å². The van der Waals surface area contributed by atoms with Crippen LogP contribution in [-0.4, -0.2) is 67.9 Å². The third-order valence-electron chi connectivity index (χ3n) is 2.58. The first kappa shape index (κ1) is 31.2. The number of hydrogen-bond donors (Lipinski definition) is 0. The summed E-state index contributed by atoms with van der Waals surface area (Å²) in [4.78, 5) is 37.9. The van der Waals surface area contributed by atoms with E-state index in [1.165, 1.54) is 24.3 Å². The smallest absolute Gasteiger partial charge is 0.550 e. The molecule has 0 unspecified atom stereocenters. The molecular formula is C17H14Mg2N2O8. The van der Waals surface area contributed by atoms with Gasteiger partial charge in [0.2, 0.25) is 11.4 Å². The topological polar surface area (TPSA) is 167 Å². The molecule has 10 nitrogen and oxygen atoms in total. The van der Waals surface area contributed by atoms with Crippen LogP contribution in [0.25, 0.3) is 0 Å². The van der Waals surface area contributed by atoms with Gasteiger partial charge in [-0.1, -0.05) is 0 Å². The maximum atomic E-state index is 10.1. The van der Waals surface area contributed by atoms with E-state index in [4.69, 9.17) is 0 Å². The first-order chi connectivity index (χ1) is 12.5.